The van der Waals surface area contributed by atoms with Crippen LogP contribution in [0.2, 0.25) is 0 Å². The fourth-order valence-electron chi connectivity index (χ4n) is 3.94. The lowest BCUT2D eigenvalue weighted by Gasteiger charge is -2.38. The van der Waals surface area contributed by atoms with Crippen LogP contribution in [0.1, 0.15) is 90.9 Å². The summed E-state index contributed by atoms with van der Waals surface area (Å²) >= 11 is 0. The van der Waals surface area contributed by atoms with E-state index in [4.69, 9.17) is 9.47 Å². The second kappa shape index (κ2) is 9.84. The van der Waals surface area contributed by atoms with Gasteiger partial charge < -0.3 is 9.47 Å². The Morgan fingerprint density at radius 2 is 1.57 bits per heavy atom. The molecule has 2 fully saturated rings. The van der Waals surface area contributed by atoms with E-state index < -0.39 is 0 Å². The Hall–Kier alpha value is -0.0800. The van der Waals surface area contributed by atoms with Crippen molar-refractivity contribution in [2.75, 3.05) is 6.61 Å². The molecule has 0 spiro atoms. The predicted octanol–water partition coefficient (Wildman–Crippen LogP) is 5.69. The van der Waals surface area contributed by atoms with Gasteiger partial charge in [0.2, 0.25) is 0 Å². The van der Waals surface area contributed by atoms with Crippen LogP contribution in [0, 0.1) is 11.8 Å². The quantitative estimate of drug-likeness (QED) is 0.535. The molecule has 0 radical (unpaired) electrons. The number of hydrogen-bond donors (Lipinski definition) is 0. The Morgan fingerprint density at radius 3 is 2.29 bits per heavy atom. The third-order valence-electron chi connectivity index (χ3n) is 5.42. The lowest BCUT2D eigenvalue weighted by molar-refractivity contribution is -0.241. The standard InChI is InChI=1S/C19H36O2/c1-3-5-7-8-16-10-12-17(13-11-16)19-20-15-14-18(21-19)9-6-4-2/h16-19H,3-15H2,1-2H3/t16-,17-,18?,19?. The van der Waals surface area contributed by atoms with Crippen molar-refractivity contribution in [2.45, 2.75) is 103 Å². The smallest absolute Gasteiger partial charge is 0.160 e. The molecule has 0 bridgehead atoms. The maximum Gasteiger partial charge on any atom is 0.160 e. The summed E-state index contributed by atoms with van der Waals surface area (Å²) in [5, 5.41) is 0. The van der Waals surface area contributed by atoms with E-state index in [1.165, 1.54) is 70.6 Å². The van der Waals surface area contributed by atoms with Crippen LogP contribution in [-0.2, 0) is 9.47 Å². The molecule has 0 aromatic rings. The number of rotatable bonds is 8. The van der Waals surface area contributed by atoms with Gasteiger partial charge in [-0.3, -0.25) is 0 Å². The normalized spacial score (nSPS) is 34.0. The summed E-state index contributed by atoms with van der Waals surface area (Å²) in [5.74, 6) is 1.64. The van der Waals surface area contributed by atoms with Crippen LogP contribution in [0.3, 0.4) is 0 Å². The highest BCUT2D eigenvalue weighted by atomic mass is 16.7. The predicted molar refractivity (Wildman–Crippen MR) is 88.3 cm³/mol. The SMILES string of the molecule is CCCCC[C@H]1CC[C@H](C2OCCC(CCCC)O2)CC1. The van der Waals surface area contributed by atoms with E-state index in [1.54, 1.807) is 0 Å². The highest BCUT2D eigenvalue weighted by Crippen LogP contribution is 2.36. The molecule has 21 heavy (non-hydrogen) atoms. The molecule has 2 heteroatoms. The monoisotopic (exact) mass is 296 g/mol. The first kappa shape index (κ1) is 17.3. The number of hydrogen-bond acceptors (Lipinski definition) is 2. The van der Waals surface area contributed by atoms with Crippen molar-refractivity contribution >= 4 is 0 Å². The van der Waals surface area contributed by atoms with Crippen molar-refractivity contribution in [1.82, 2.24) is 0 Å². The lowest BCUT2D eigenvalue weighted by atomic mass is 9.79. The maximum absolute atomic E-state index is 6.24. The van der Waals surface area contributed by atoms with Crippen molar-refractivity contribution in [3.05, 3.63) is 0 Å². The summed E-state index contributed by atoms with van der Waals surface area (Å²) in [6.45, 7) is 5.47. The van der Waals surface area contributed by atoms with E-state index in [1.807, 2.05) is 0 Å². The van der Waals surface area contributed by atoms with Gasteiger partial charge in [-0.05, 0) is 44.4 Å². The number of unbranched alkanes of at least 4 members (excludes halogenated alkanes) is 3. The molecular formula is C19H36O2. The zero-order valence-electron chi connectivity index (χ0n) is 14.3. The molecule has 2 rings (SSSR count). The van der Waals surface area contributed by atoms with Crippen LogP contribution in [0.4, 0.5) is 0 Å². The van der Waals surface area contributed by atoms with E-state index >= 15 is 0 Å². The summed E-state index contributed by atoms with van der Waals surface area (Å²) in [6.07, 6.45) is 16.5. The van der Waals surface area contributed by atoms with Crippen LogP contribution in [0.15, 0.2) is 0 Å². The second-order valence-electron chi connectivity index (χ2n) is 7.20. The first-order valence-corrected chi connectivity index (χ1v) is 9.60. The highest BCUT2D eigenvalue weighted by Gasteiger charge is 2.32. The summed E-state index contributed by atoms with van der Waals surface area (Å²) in [5.41, 5.74) is 0. The van der Waals surface area contributed by atoms with Crippen molar-refractivity contribution in [3.63, 3.8) is 0 Å². The molecule has 1 saturated carbocycles. The first-order chi connectivity index (χ1) is 10.3. The van der Waals surface area contributed by atoms with Crippen molar-refractivity contribution < 1.29 is 9.47 Å². The van der Waals surface area contributed by atoms with E-state index in [0.29, 0.717) is 12.0 Å². The van der Waals surface area contributed by atoms with E-state index in [0.717, 1.165) is 18.9 Å². The van der Waals surface area contributed by atoms with Crippen molar-refractivity contribution in [3.8, 4) is 0 Å². The van der Waals surface area contributed by atoms with Gasteiger partial charge in [0.15, 0.2) is 6.29 Å². The van der Waals surface area contributed by atoms with Gasteiger partial charge in [-0.15, -0.1) is 0 Å². The minimum absolute atomic E-state index is 0.109. The fourth-order valence-corrected chi connectivity index (χ4v) is 3.94. The Bertz CT molecular complexity index is 258. The zero-order valence-corrected chi connectivity index (χ0v) is 14.3. The fraction of sp³-hybridized carbons (Fsp3) is 1.00. The molecule has 0 amide bonds. The lowest BCUT2D eigenvalue weighted by Crippen LogP contribution is -2.38. The van der Waals surface area contributed by atoms with Gasteiger partial charge in [0.1, 0.15) is 0 Å². The van der Waals surface area contributed by atoms with E-state index in [2.05, 4.69) is 13.8 Å². The van der Waals surface area contributed by atoms with Gasteiger partial charge in [0.25, 0.3) is 0 Å². The van der Waals surface area contributed by atoms with E-state index in [-0.39, 0.29) is 6.29 Å². The van der Waals surface area contributed by atoms with Gasteiger partial charge in [-0.2, -0.15) is 0 Å². The molecule has 2 nitrogen and oxygen atoms in total. The molecule has 2 atom stereocenters. The van der Waals surface area contributed by atoms with Crippen LogP contribution in [-0.4, -0.2) is 19.0 Å². The average Bonchev–Trinajstić information content (AvgIpc) is 2.54. The third-order valence-corrected chi connectivity index (χ3v) is 5.42. The molecule has 0 aromatic carbocycles. The summed E-state index contributed by atoms with van der Waals surface area (Å²) in [4.78, 5) is 0. The Labute approximate surface area is 132 Å². The molecule has 2 unspecified atom stereocenters. The third kappa shape index (κ3) is 5.90. The average molecular weight is 296 g/mol. The van der Waals surface area contributed by atoms with Gasteiger partial charge >= 0.3 is 0 Å². The topological polar surface area (TPSA) is 18.5 Å². The van der Waals surface area contributed by atoms with E-state index in [9.17, 15) is 0 Å². The largest absolute Gasteiger partial charge is 0.352 e. The van der Waals surface area contributed by atoms with Crippen LogP contribution < -0.4 is 0 Å². The Kier molecular flexibility index (Phi) is 8.10. The van der Waals surface area contributed by atoms with Gasteiger partial charge in [-0.25, -0.2) is 0 Å². The van der Waals surface area contributed by atoms with Gasteiger partial charge in [0, 0.05) is 5.92 Å². The molecule has 124 valence electrons. The minimum atomic E-state index is 0.109. The van der Waals surface area contributed by atoms with Crippen molar-refractivity contribution in [2.24, 2.45) is 11.8 Å². The second-order valence-corrected chi connectivity index (χ2v) is 7.20. The minimum Gasteiger partial charge on any atom is -0.352 e. The molecule has 1 saturated heterocycles. The zero-order chi connectivity index (χ0) is 14.9. The summed E-state index contributed by atoms with van der Waals surface area (Å²) < 4.78 is 12.2. The molecule has 0 aromatic heterocycles. The maximum atomic E-state index is 6.24. The van der Waals surface area contributed by atoms with Crippen LogP contribution >= 0.6 is 0 Å². The Balaban J connectivity index is 1.66. The first-order valence-electron chi connectivity index (χ1n) is 9.60. The number of ether oxygens (including phenoxy) is 2. The van der Waals surface area contributed by atoms with Crippen LogP contribution in [0.5, 0.6) is 0 Å². The summed E-state index contributed by atoms with van der Waals surface area (Å²) in [7, 11) is 0. The summed E-state index contributed by atoms with van der Waals surface area (Å²) in [6, 6.07) is 0. The van der Waals surface area contributed by atoms with Gasteiger partial charge in [-0.1, -0.05) is 52.4 Å². The van der Waals surface area contributed by atoms with Crippen molar-refractivity contribution in [1.29, 1.82) is 0 Å². The Morgan fingerprint density at radius 1 is 0.810 bits per heavy atom. The molecule has 2 aliphatic rings. The molecule has 0 N–H and O–H groups in total. The van der Waals surface area contributed by atoms with Crippen LogP contribution in [0.25, 0.3) is 0 Å². The highest BCUT2D eigenvalue weighted by molar-refractivity contribution is 4.77. The molecule has 1 aliphatic carbocycles. The molecular weight excluding hydrogens is 260 g/mol. The molecule has 1 aliphatic heterocycles. The van der Waals surface area contributed by atoms with Gasteiger partial charge in [0.05, 0.1) is 12.7 Å². The molecule has 1 heterocycles.